The summed E-state index contributed by atoms with van der Waals surface area (Å²) < 4.78 is 8.14. The number of rotatable bonds is 9. The Morgan fingerprint density at radius 2 is 2.00 bits per heavy atom. The quantitative estimate of drug-likeness (QED) is 0.648. The second kappa shape index (κ2) is 8.66. The van der Waals surface area contributed by atoms with E-state index in [1.165, 1.54) is 21.4 Å². The topological polar surface area (TPSA) is 79.2 Å². The van der Waals surface area contributed by atoms with Crippen molar-refractivity contribution in [3.63, 3.8) is 0 Å². The molecule has 0 amide bonds. The predicted molar refractivity (Wildman–Crippen MR) is 74.4 cm³/mol. The lowest BCUT2D eigenvalue weighted by Crippen LogP contribution is -2.39. The highest BCUT2D eigenvalue weighted by atomic mass is 16.5. The summed E-state index contributed by atoms with van der Waals surface area (Å²) in [5.41, 5.74) is 4.83. The predicted octanol–water partition coefficient (Wildman–Crippen LogP) is 0.176. The van der Waals surface area contributed by atoms with Crippen LogP contribution in [0.2, 0.25) is 0 Å². The van der Waals surface area contributed by atoms with Crippen LogP contribution >= 0.6 is 0 Å². The highest BCUT2D eigenvalue weighted by Gasteiger charge is 2.04. The molecule has 0 spiro atoms. The van der Waals surface area contributed by atoms with E-state index < -0.39 is 0 Å². The van der Waals surface area contributed by atoms with Crippen molar-refractivity contribution in [1.29, 1.82) is 0 Å². The van der Waals surface area contributed by atoms with E-state index in [0.29, 0.717) is 39.3 Å². The number of nitrogens with zero attached hydrogens (tertiary/aromatic N) is 2. The molecule has 0 aliphatic carbocycles. The van der Waals surface area contributed by atoms with Crippen LogP contribution in [0.25, 0.3) is 0 Å². The van der Waals surface area contributed by atoms with Gasteiger partial charge >= 0.3 is 5.69 Å². The SMILES string of the molecule is CCCCOCCn1ccc(=O)n(CCCN)c1=O. The zero-order chi connectivity index (χ0) is 14.1. The van der Waals surface area contributed by atoms with Crippen LogP contribution < -0.4 is 17.0 Å². The maximum atomic E-state index is 12.0. The van der Waals surface area contributed by atoms with Crippen molar-refractivity contribution in [2.24, 2.45) is 5.73 Å². The van der Waals surface area contributed by atoms with Gasteiger partial charge in [-0.2, -0.15) is 0 Å². The van der Waals surface area contributed by atoms with Crippen LogP contribution in [-0.2, 0) is 17.8 Å². The van der Waals surface area contributed by atoms with E-state index in [-0.39, 0.29) is 11.2 Å². The summed E-state index contributed by atoms with van der Waals surface area (Å²) in [6.07, 6.45) is 4.24. The average molecular weight is 269 g/mol. The number of hydrogen-bond acceptors (Lipinski definition) is 4. The zero-order valence-corrected chi connectivity index (χ0v) is 11.5. The van der Waals surface area contributed by atoms with E-state index in [2.05, 4.69) is 6.92 Å². The van der Waals surface area contributed by atoms with Gasteiger partial charge in [-0.1, -0.05) is 13.3 Å². The minimum Gasteiger partial charge on any atom is -0.380 e. The van der Waals surface area contributed by atoms with Crippen LogP contribution in [-0.4, -0.2) is 28.9 Å². The Morgan fingerprint density at radius 3 is 2.68 bits per heavy atom. The van der Waals surface area contributed by atoms with Crippen molar-refractivity contribution in [3.05, 3.63) is 33.1 Å². The number of ether oxygens (including phenoxy) is 1. The first-order valence-corrected chi connectivity index (χ1v) is 6.78. The van der Waals surface area contributed by atoms with E-state index in [1.54, 1.807) is 0 Å². The third kappa shape index (κ3) is 5.00. The Labute approximate surface area is 112 Å². The van der Waals surface area contributed by atoms with Crippen molar-refractivity contribution in [1.82, 2.24) is 9.13 Å². The van der Waals surface area contributed by atoms with Crippen LogP contribution in [0.5, 0.6) is 0 Å². The van der Waals surface area contributed by atoms with E-state index >= 15 is 0 Å². The van der Waals surface area contributed by atoms with Gasteiger partial charge in [-0.15, -0.1) is 0 Å². The molecule has 0 unspecified atom stereocenters. The smallest absolute Gasteiger partial charge is 0.331 e. The normalized spacial score (nSPS) is 10.8. The Bertz CT molecular complexity index is 479. The number of aromatic nitrogens is 2. The van der Waals surface area contributed by atoms with Gasteiger partial charge in [0.25, 0.3) is 5.56 Å². The average Bonchev–Trinajstić information content (AvgIpc) is 2.41. The van der Waals surface area contributed by atoms with E-state index in [9.17, 15) is 9.59 Å². The highest BCUT2D eigenvalue weighted by molar-refractivity contribution is 4.86. The Morgan fingerprint density at radius 1 is 1.21 bits per heavy atom. The number of nitrogens with two attached hydrogens (primary N) is 1. The summed E-state index contributed by atoms with van der Waals surface area (Å²) in [6.45, 7) is 4.58. The summed E-state index contributed by atoms with van der Waals surface area (Å²) in [5, 5.41) is 0. The molecular weight excluding hydrogens is 246 g/mol. The molecule has 1 rings (SSSR count). The lowest BCUT2D eigenvalue weighted by atomic mass is 10.4. The number of hydrogen-bond donors (Lipinski definition) is 1. The molecule has 0 radical (unpaired) electrons. The molecule has 6 nitrogen and oxygen atoms in total. The van der Waals surface area contributed by atoms with Gasteiger partial charge in [-0.3, -0.25) is 13.9 Å². The van der Waals surface area contributed by atoms with Gasteiger partial charge in [-0.25, -0.2) is 4.79 Å². The molecule has 0 saturated carbocycles. The third-order valence-corrected chi connectivity index (χ3v) is 2.84. The Balaban J connectivity index is 2.64. The molecule has 2 N–H and O–H groups in total. The summed E-state index contributed by atoms with van der Waals surface area (Å²) in [6, 6.07) is 1.41. The minimum absolute atomic E-state index is 0.276. The molecule has 6 heteroatoms. The summed E-state index contributed by atoms with van der Waals surface area (Å²) in [7, 11) is 0. The Hall–Kier alpha value is -1.40. The summed E-state index contributed by atoms with van der Waals surface area (Å²) in [4.78, 5) is 23.6. The molecule has 0 aliphatic rings. The molecule has 1 aromatic rings. The van der Waals surface area contributed by atoms with E-state index in [0.717, 1.165) is 12.8 Å². The number of unbranched alkanes of at least 4 members (excludes halogenated alkanes) is 1. The monoisotopic (exact) mass is 269 g/mol. The van der Waals surface area contributed by atoms with E-state index in [4.69, 9.17) is 10.5 Å². The van der Waals surface area contributed by atoms with Gasteiger partial charge in [0.1, 0.15) is 0 Å². The lowest BCUT2D eigenvalue weighted by molar-refractivity contribution is 0.122. The second-order valence-corrected chi connectivity index (χ2v) is 4.39. The van der Waals surface area contributed by atoms with Crippen molar-refractivity contribution < 1.29 is 4.74 Å². The van der Waals surface area contributed by atoms with Crippen molar-refractivity contribution in [2.45, 2.75) is 39.3 Å². The van der Waals surface area contributed by atoms with Crippen LogP contribution in [0, 0.1) is 0 Å². The van der Waals surface area contributed by atoms with Gasteiger partial charge in [0.05, 0.1) is 13.2 Å². The second-order valence-electron chi connectivity index (χ2n) is 4.39. The molecule has 0 aromatic carbocycles. The molecule has 0 saturated heterocycles. The molecule has 19 heavy (non-hydrogen) atoms. The van der Waals surface area contributed by atoms with Crippen molar-refractivity contribution in [3.8, 4) is 0 Å². The van der Waals surface area contributed by atoms with Gasteiger partial charge in [0.2, 0.25) is 0 Å². The first-order chi connectivity index (χ1) is 9.20. The molecular formula is C13H23N3O3. The molecule has 1 heterocycles. The van der Waals surface area contributed by atoms with Gasteiger partial charge < -0.3 is 10.5 Å². The lowest BCUT2D eigenvalue weighted by Gasteiger charge is -2.09. The first kappa shape index (κ1) is 15.7. The van der Waals surface area contributed by atoms with E-state index in [1.807, 2.05) is 0 Å². The van der Waals surface area contributed by atoms with Gasteiger partial charge in [-0.05, 0) is 19.4 Å². The van der Waals surface area contributed by atoms with Crippen LogP contribution in [0.1, 0.15) is 26.2 Å². The molecule has 0 fully saturated rings. The van der Waals surface area contributed by atoms with Crippen LogP contribution in [0.3, 0.4) is 0 Å². The largest absolute Gasteiger partial charge is 0.380 e. The third-order valence-electron chi connectivity index (χ3n) is 2.84. The minimum atomic E-state index is -0.292. The Kier molecular flexibility index (Phi) is 7.14. The van der Waals surface area contributed by atoms with Crippen LogP contribution in [0.15, 0.2) is 21.9 Å². The molecule has 0 bridgehead atoms. The molecule has 1 aromatic heterocycles. The zero-order valence-electron chi connectivity index (χ0n) is 11.5. The summed E-state index contributed by atoms with van der Waals surface area (Å²) in [5.74, 6) is 0. The molecule has 0 atom stereocenters. The first-order valence-electron chi connectivity index (χ1n) is 6.78. The molecule has 108 valence electrons. The summed E-state index contributed by atoms with van der Waals surface area (Å²) >= 11 is 0. The van der Waals surface area contributed by atoms with Crippen LogP contribution in [0.4, 0.5) is 0 Å². The van der Waals surface area contributed by atoms with Gasteiger partial charge in [0.15, 0.2) is 0 Å². The fourth-order valence-electron chi connectivity index (χ4n) is 1.69. The fraction of sp³-hybridized carbons (Fsp3) is 0.692. The fourth-order valence-corrected chi connectivity index (χ4v) is 1.69. The van der Waals surface area contributed by atoms with Gasteiger partial charge in [0, 0.05) is 25.4 Å². The van der Waals surface area contributed by atoms with Crippen molar-refractivity contribution >= 4 is 0 Å². The maximum Gasteiger partial charge on any atom is 0.331 e. The maximum absolute atomic E-state index is 12.0. The molecule has 0 aliphatic heterocycles. The van der Waals surface area contributed by atoms with Crippen molar-refractivity contribution in [2.75, 3.05) is 19.8 Å². The standard InChI is InChI=1S/C13H23N3O3/c1-2-3-10-19-11-9-15-8-5-12(17)16(13(15)18)7-4-6-14/h5,8H,2-4,6-7,9-11,14H2,1H3. The highest BCUT2D eigenvalue weighted by Crippen LogP contribution is 1.89.